The highest BCUT2D eigenvalue weighted by molar-refractivity contribution is 5.80. The number of aliphatic hydroxyl groups excluding tert-OH is 1. The zero-order valence-corrected chi connectivity index (χ0v) is 16.0. The van der Waals surface area contributed by atoms with E-state index in [0.29, 0.717) is 12.1 Å². The third kappa shape index (κ3) is 3.67. The monoisotopic (exact) mass is 378 g/mol. The number of nitrogens with zero attached hydrogens (tertiary/aromatic N) is 2. The molecule has 1 fully saturated rings. The molecule has 1 atom stereocenters. The summed E-state index contributed by atoms with van der Waals surface area (Å²) in [5.74, 6) is 0.175. The smallest absolute Gasteiger partial charge is 0.226 e. The van der Waals surface area contributed by atoms with Crippen molar-refractivity contribution < 1.29 is 14.7 Å². The van der Waals surface area contributed by atoms with Crippen LogP contribution in [-0.4, -0.2) is 47.9 Å². The molecule has 2 aliphatic rings. The maximum absolute atomic E-state index is 13.2. The Morgan fingerprint density at radius 2 is 1.71 bits per heavy atom. The van der Waals surface area contributed by atoms with Gasteiger partial charge in [-0.2, -0.15) is 0 Å². The normalized spacial score (nSPS) is 20.0. The maximum atomic E-state index is 13.2. The van der Waals surface area contributed by atoms with Crippen LogP contribution in [0.4, 0.5) is 5.69 Å². The van der Waals surface area contributed by atoms with Gasteiger partial charge < -0.3 is 14.9 Å². The van der Waals surface area contributed by atoms with Crippen LogP contribution in [0.1, 0.15) is 34.3 Å². The predicted octanol–water partition coefficient (Wildman–Crippen LogP) is 2.66. The van der Waals surface area contributed by atoms with Crippen LogP contribution in [0.25, 0.3) is 0 Å². The molecule has 2 aliphatic heterocycles. The molecule has 5 heteroatoms. The Hall–Kier alpha value is -2.66. The highest BCUT2D eigenvalue weighted by atomic mass is 16.3. The molecular formula is C23H26N2O3. The molecular weight excluding hydrogens is 352 g/mol. The van der Waals surface area contributed by atoms with Gasteiger partial charge in [-0.05, 0) is 54.7 Å². The minimum Gasteiger partial charge on any atom is -0.394 e. The number of anilines is 1. The highest BCUT2D eigenvalue weighted by Gasteiger charge is 2.34. The van der Waals surface area contributed by atoms with Crippen molar-refractivity contribution in [1.82, 2.24) is 4.90 Å². The average molecular weight is 378 g/mol. The zero-order chi connectivity index (χ0) is 19.5. The second-order valence-corrected chi connectivity index (χ2v) is 7.75. The topological polar surface area (TPSA) is 60.9 Å². The van der Waals surface area contributed by atoms with Gasteiger partial charge in [0.25, 0.3) is 0 Å². The summed E-state index contributed by atoms with van der Waals surface area (Å²) in [5.41, 5.74) is 4.19. The summed E-state index contributed by atoms with van der Waals surface area (Å²) < 4.78 is 0. The van der Waals surface area contributed by atoms with Crippen LogP contribution in [0, 0.1) is 5.92 Å². The Morgan fingerprint density at radius 1 is 1.04 bits per heavy atom. The highest BCUT2D eigenvalue weighted by Crippen LogP contribution is 2.29. The second kappa shape index (κ2) is 8.15. The van der Waals surface area contributed by atoms with E-state index >= 15 is 0 Å². The number of hydrogen-bond donors (Lipinski definition) is 1. The van der Waals surface area contributed by atoms with Gasteiger partial charge in [0.2, 0.25) is 5.91 Å². The van der Waals surface area contributed by atoms with E-state index in [-0.39, 0.29) is 24.5 Å². The number of aliphatic hydroxyl groups is 1. The minimum absolute atomic E-state index is 0.00198. The number of aldehydes is 1. The summed E-state index contributed by atoms with van der Waals surface area (Å²) >= 11 is 0. The Kier molecular flexibility index (Phi) is 5.44. The molecule has 2 aromatic carbocycles. The lowest BCUT2D eigenvalue weighted by atomic mass is 9.90. The first-order valence-electron chi connectivity index (χ1n) is 9.98. The second-order valence-electron chi connectivity index (χ2n) is 7.75. The van der Waals surface area contributed by atoms with Crippen LogP contribution >= 0.6 is 0 Å². The quantitative estimate of drug-likeness (QED) is 0.831. The van der Waals surface area contributed by atoms with E-state index in [9.17, 15) is 14.7 Å². The van der Waals surface area contributed by atoms with Crippen LogP contribution < -0.4 is 4.90 Å². The van der Waals surface area contributed by atoms with Gasteiger partial charge in [-0.25, -0.2) is 0 Å². The van der Waals surface area contributed by atoms with Gasteiger partial charge in [-0.1, -0.05) is 24.3 Å². The first kappa shape index (κ1) is 18.7. The number of amides is 1. The molecule has 0 unspecified atom stereocenters. The maximum Gasteiger partial charge on any atom is 0.226 e. The lowest BCUT2D eigenvalue weighted by Crippen LogP contribution is -2.50. The third-order valence-corrected chi connectivity index (χ3v) is 6.09. The van der Waals surface area contributed by atoms with Gasteiger partial charge in [0.05, 0.1) is 12.6 Å². The van der Waals surface area contributed by atoms with Crippen molar-refractivity contribution in [3.05, 3.63) is 65.2 Å². The fourth-order valence-electron chi connectivity index (χ4n) is 4.39. The lowest BCUT2D eigenvalue weighted by Gasteiger charge is -2.40. The Labute approximate surface area is 165 Å². The molecule has 0 aliphatic carbocycles. The van der Waals surface area contributed by atoms with Gasteiger partial charge in [-0.3, -0.25) is 9.59 Å². The Bertz CT molecular complexity index is 841. The number of carbonyl (C=O) groups is 2. The lowest BCUT2D eigenvalue weighted by molar-refractivity contribution is -0.140. The summed E-state index contributed by atoms with van der Waals surface area (Å²) in [5, 5.41) is 9.84. The molecule has 0 radical (unpaired) electrons. The summed E-state index contributed by atoms with van der Waals surface area (Å²) in [4.78, 5) is 28.2. The van der Waals surface area contributed by atoms with E-state index < -0.39 is 0 Å². The largest absolute Gasteiger partial charge is 0.394 e. The van der Waals surface area contributed by atoms with Gasteiger partial charge >= 0.3 is 0 Å². The summed E-state index contributed by atoms with van der Waals surface area (Å²) in [6.45, 7) is 2.24. The molecule has 0 bridgehead atoms. The van der Waals surface area contributed by atoms with Crippen LogP contribution in [0.5, 0.6) is 0 Å². The average Bonchev–Trinajstić information content (AvgIpc) is 2.78. The van der Waals surface area contributed by atoms with Crippen molar-refractivity contribution in [2.75, 3.05) is 24.6 Å². The fraction of sp³-hybridized carbons (Fsp3) is 0.391. The van der Waals surface area contributed by atoms with Crippen molar-refractivity contribution in [1.29, 1.82) is 0 Å². The number of carbonyl (C=O) groups excluding carboxylic acids is 2. The van der Waals surface area contributed by atoms with Crippen LogP contribution in [0.2, 0.25) is 0 Å². The van der Waals surface area contributed by atoms with E-state index in [2.05, 4.69) is 17.0 Å². The fourth-order valence-corrected chi connectivity index (χ4v) is 4.39. The Balaban J connectivity index is 1.41. The van der Waals surface area contributed by atoms with Crippen LogP contribution in [-0.2, 0) is 17.8 Å². The summed E-state index contributed by atoms with van der Waals surface area (Å²) in [6, 6.07) is 15.7. The summed E-state index contributed by atoms with van der Waals surface area (Å²) in [6.07, 6.45) is 3.19. The van der Waals surface area contributed by atoms with Gasteiger partial charge in [-0.15, -0.1) is 0 Å². The molecule has 2 heterocycles. The first-order chi connectivity index (χ1) is 13.7. The van der Waals surface area contributed by atoms with Crippen LogP contribution in [0.3, 0.4) is 0 Å². The molecule has 1 N–H and O–H groups in total. The molecule has 0 spiro atoms. The molecule has 2 aromatic rings. The molecule has 4 rings (SSSR count). The zero-order valence-electron chi connectivity index (χ0n) is 16.0. The summed E-state index contributed by atoms with van der Waals surface area (Å²) in [7, 11) is 0. The van der Waals surface area contributed by atoms with Crippen molar-refractivity contribution in [2.24, 2.45) is 5.92 Å². The van der Waals surface area contributed by atoms with E-state index in [1.165, 1.54) is 11.1 Å². The minimum atomic E-state index is -0.128. The van der Waals surface area contributed by atoms with Crippen molar-refractivity contribution in [3.63, 3.8) is 0 Å². The van der Waals surface area contributed by atoms with Crippen molar-refractivity contribution in [2.45, 2.75) is 31.8 Å². The number of fused-ring (bicyclic) bond motifs is 1. The van der Waals surface area contributed by atoms with E-state index in [1.54, 1.807) is 0 Å². The van der Waals surface area contributed by atoms with Crippen LogP contribution in [0.15, 0.2) is 48.5 Å². The molecule has 28 heavy (non-hydrogen) atoms. The van der Waals surface area contributed by atoms with Gasteiger partial charge in [0, 0.05) is 36.8 Å². The molecule has 5 nitrogen and oxygen atoms in total. The number of hydrogen-bond acceptors (Lipinski definition) is 4. The first-order valence-corrected chi connectivity index (χ1v) is 9.98. The number of rotatable bonds is 4. The molecule has 0 saturated carbocycles. The standard InChI is InChI=1S/C23H26N2O3/c26-15-17-5-7-21(8-6-17)24-11-9-18(10-12-24)23(28)25-14-20-4-2-1-3-19(20)13-22(25)16-27/h1-8,15,18,22,27H,9-14,16H2/t22-/m1/s1. The van der Waals surface area contributed by atoms with E-state index in [4.69, 9.17) is 0 Å². The van der Waals surface area contributed by atoms with Crippen molar-refractivity contribution >= 4 is 17.9 Å². The number of piperidine rings is 1. The van der Waals surface area contributed by atoms with Gasteiger partial charge in [0.1, 0.15) is 6.29 Å². The molecule has 1 saturated heterocycles. The van der Waals surface area contributed by atoms with E-state index in [0.717, 1.165) is 44.3 Å². The van der Waals surface area contributed by atoms with Gasteiger partial charge in [0.15, 0.2) is 0 Å². The predicted molar refractivity (Wildman–Crippen MR) is 108 cm³/mol. The Morgan fingerprint density at radius 3 is 2.36 bits per heavy atom. The SMILES string of the molecule is O=Cc1ccc(N2CCC(C(=O)N3Cc4ccccc4C[C@@H]3CO)CC2)cc1. The molecule has 0 aromatic heterocycles. The number of benzene rings is 2. The van der Waals surface area contributed by atoms with E-state index in [1.807, 2.05) is 41.3 Å². The molecule has 1 amide bonds. The van der Waals surface area contributed by atoms with Crippen molar-refractivity contribution in [3.8, 4) is 0 Å². The third-order valence-electron chi connectivity index (χ3n) is 6.09. The molecule has 146 valence electrons.